The molecule has 0 bridgehead atoms. The van der Waals surface area contributed by atoms with Gasteiger partial charge in [-0.15, -0.1) is 11.3 Å². The minimum Gasteiger partial charge on any atom is -0.487 e. The number of hydrogen-bond acceptors (Lipinski definition) is 9. The summed E-state index contributed by atoms with van der Waals surface area (Å²) in [6.45, 7) is 3.93. The number of amides is 3. The lowest BCUT2D eigenvalue weighted by molar-refractivity contribution is 0.0371. The van der Waals surface area contributed by atoms with Gasteiger partial charge in [0.05, 0.1) is 24.8 Å². The van der Waals surface area contributed by atoms with Crippen molar-refractivity contribution in [3.8, 4) is 17.2 Å². The van der Waals surface area contributed by atoms with E-state index in [-0.39, 0.29) is 59.6 Å². The molecular formula is C28H32N4O8S2. The maximum Gasteiger partial charge on any atom is 0.321 e. The van der Waals surface area contributed by atoms with Gasteiger partial charge in [0.1, 0.15) is 16.1 Å². The highest BCUT2D eigenvalue weighted by molar-refractivity contribution is 7.94. The summed E-state index contributed by atoms with van der Waals surface area (Å²) in [4.78, 5) is 29.8. The Balaban J connectivity index is 1.38. The van der Waals surface area contributed by atoms with Crippen LogP contribution in [0.25, 0.3) is 0 Å². The van der Waals surface area contributed by atoms with E-state index in [0.29, 0.717) is 17.2 Å². The van der Waals surface area contributed by atoms with Crippen molar-refractivity contribution in [2.24, 2.45) is 5.92 Å². The highest BCUT2D eigenvalue weighted by Crippen LogP contribution is 2.35. The number of benzene rings is 2. The number of aliphatic hydroxyl groups is 1. The number of aliphatic hydroxyl groups excluding tert-OH is 1. The average Bonchev–Trinajstić information content (AvgIpc) is 3.67. The van der Waals surface area contributed by atoms with Gasteiger partial charge in [0.25, 0.3) is 15.9 Å². The van der Waals surface area contributed by atoms with Crippen LogP contribution in [-0.2, 0) is 10.0 Å². The summed E-state index contributed by atoms with van der Waals surface area (Å²) in [5.74, 6) is 0.770. The first kappa shape index (κ1) is 29.5. The van der Waals surface area contributed by atoms with Crippen molar-refractivity contribution in [1.29, 1.82) is 0 Å². The van der Waals surface area contributed by atoms with Crippen LogP contribution in [0.2, 0.25) is 0 Å². The largest absolute Gasteiger partial charge is 0.487 e. The van der Waals surface area contributed by atoms with Crippen LogP contribution in [0.3, 0.4) is 0 Å². The summed E-state index contributed by atoms with van der Waals surface area (Å²) < 4.78 is 45.3. The zero-order valence-corrected chi connectivity index (χ0v) is 24.9. The van der Waals surface area contributed by atoms with Crippen molar-refractivity contribution in [1.82, 2.24) is 9.80 Å². The molecule has 0 saturated heterocycles. The first-order valence-electron chi connectivity index (χ1n) is 13.3. The zero-order valence-electron chi connectivity index (χ0n) is 23.3. The third-order valence-corrected chi connectivity index (χ3v) is 9.88. The highest BCUT2D eigenvalue weighted by Gasteiger charge is 2.34. The number of sulfonamides is 1. The summed E-state index contributed by atoms with van der Waals surface area (Å²) in [6, 6.07) is 11.9. The van der Waals surface area contributed by atoms with E-state index in [1.165, 1.54) is 23.1 Å². The molecule has 12 nitrogen and oxygen atoms in total. The van der Waals surface area contributed by atoms with Crippen LogP contribution in [0.15, 0.2) is 58.1 Å². The Morgan fingerprint density at radius 1 is 1.14 bits per heavy atom. The standard InChI is InChI=1S/C28H32N4O8S2/c1-17-13-32(18(2)15-33)27(34)21-11-20(30-42(36,37)26-5-4-10-41-26)7-8-22(21)40-25(17)14-31(3)28(35)29-19-6-9-23-24(12-19)39-16-38-23/h4-12,17-18,25,30,33H,13-16H2,1-3H3,(H,29,35)/t17-,18+,25-/m0/s1. The van der Waals surface area contributed by atoms with Gasteiger partial charge in [-0.05, 0) is 48.7 Å². The molecule has 42 heavy (non-hydrogen) atoms. The summed E-state index contributed by atoms with van der Waals surface area (Å²) in [5, 5.41) is 14.4. The van der Waals surface area contributed by atoms with Gasteiger partial charge >= 0.3 is 6.03 Å². The van der Waals surface area contributed by atoms with Crippen LogP contribution in [0.1, 0.15) is 24.2 Å². The fourth-order valence-electron chi connectivity index (χ4n) is 4.67. The van der Waals surface area contributed by atoms with Crippen molar-refractivity contribution in [3.05, 3.63) is 59.5 Å². The van der Waals surface area contributed by atoms with Crippen molar-refractivity contribution in [2.45, 2.75) is 30.2 Å². The predicted octanol–water partition coefficient (Wildman–Crippen LogP) is 3.66. The van der Waals surface area contributed by atoms with Crippen LogP contribution in [-0.4, -0.2) is 80.9 Å². The first-order chi connectivity index (χ1) is 20.1. The number of likely N-dealkylation sites (N-methyl/N-ethyl adjacent to an activating group) is 1. The molecule has 1 aromatic heterocycles. The maximum atomic E-state index is 13.7. The van der Waals surface area contributed by atoms with Crippen molar-refractivity contribution < 1.29 is 37.3 Å². The molecule has 2 aromatic carbocycles. The van der Waals surface area contributed by atoms with Crippen LogP contribution in [0.5, 0.6) is 17.2 Å². The number of rotatable bonds is 8. The number of nitrogens with zero attached hydrogens (tertiary/aromatic N) is 2. The number of urea groups is 1. The van der Waals surface area contributed by atoms with E-state index >= 15 is 0 Å². The third-order valence-electron chi connectivity index (χ3n) is 7.10. The molecule has 5 rings (SSSR count). The number of carbonyl (C=O) groups excluding carboxylic acids is 2. The number of nitrogens with one attached hydrogen (secondary N) is 2. The van der Waals surface area contributed by atoms with E-state index in [1.54, 1.807) is 54.6 Å². The summed E-state index contributed by atoms with van der Waals surface area (Å²) in [5.41, 5.74) is 0.881. The Kier molecular flexibility index (Phi) is 8.48. The topological polar surface area (TPSA) is 147 Å². The van der Waals surface area contributed by atoms with Crippen molar-refractivity contribution in [2.75, 3.05) is 43.6 Å². The highest BCUT2D eigenvalue weighted by atomic mass is 32.2. The van der Waals surface area contributed by atoms with Gasteiger partial charge in [0.15, 0.2) is 11.5 Å². The molecule has 224 valence electrons. The second kappa shape index (κ2) is 12.1. The molecular weight excluding hydrogens is 584 g/mol. The van der Waals surface area contributed by atoms with Crippen LogP contribution < -0.4 is 24.2 Å². The number of hydrogen-bond donors (Lipinski definition) is 3. The molecule has 3 N–H and O–H groups in total. The molecule has 0 saturated carbocycles. The lowest BCUT2D eigenvalue weighted by Crippen LogP contribution is -2.50. The fourth-order valence-corrected chi connectivity index (χ4v) is 6.71. The fraction of sp³-hybridized carbons (Fsp3) is 0.357. The van der Waals surface area contributed by atoms with E-state index in [9.17, 15) is 23.1 Å². The molecule has 3 heterocycles. The summed E-state index contributed by atoms with van der Waals surface area (Å²) in [7, 11) is -2.20. The van der Waals surface area contributed by atoms with Gasteiger partial charge in [-0.1, -0.05) is 13.0 Å². The minimum absolute atomic E-state index is 0.126. The van der Waals surface area contributed by atoms with E-state index in [1.807, 2.05) is 6.92 Å². The van der Waals surface area contributed by atoms with Gasteiger partial charge in [-0.2, -0.15) is 0 Å². The summed E-state index contributed by atoms with van der Waals surface area (Å²) in [6.07, 6.45) is -0.536. The van der Waals surface area contributed by atoms with Crippen LogP contribution in [0.4, 0.5) is 16.2 Å². The van der Waals surface area contributed by atoms with Crippen molar-refractivity contribution >= 4 is 44.7 Å². The molecule has 3 amide bonds. The average molecular weight is 617 g/mol. The molecule has 0 spiro atoms. The molecule has 3 aromatic rings. The second-order valence-corrected chi connectivity index (χ2v) is 13.1. The third kappa shape index (κ3) is 6.25. The lowest BCUT2D eigenvalue weighted by atomic mass is 9.99. The number of thiophene rings is 1. The zero-order chi connectivity index (χ0) is 30.0. The van der Waals surface area contributed by atoms with Crippen molar-refractivity contribution in [3.63, 3.8) is 0 Å². The SMILES string of the molecule is C[C@H](CO)N1C[C@H](C)[C@H](CN(C)C(=O)Nc2ccc3c(c2)OCO3)Oc2ccc(NS(=O)(=O)c3cccs3)cc2C1=O. The molecule has 0 aliphatic carbocycles. The molecule has 0 radical (unpaired) electrons. The monoisotopic (exact) mass is 616 g/mol. The molecule has 2 aliphatic heterocycles. The Labute approximate surface area is 247 Å². The Morgan fingerprint density at radius 3 is 2.62 bits per heavy atom. The van der Waals surface area contributed by atoms with Crippen LogP contribution >= 0.6 is 11.3 Å². The molecule has 3 atom stereocenters. The maximum absolute atomic E-state index is 13.7. The second-order valence-electron chi connectivity index (χ2n) is 10.2. The molecule has 0 unspecified atom stereocenters. The van der Waals surface area contributed by atoms with E-state index in [2.05, 4.69) is 10.0 Å². The smallest absolute Gasteiger partial charge is 0.321 e. The molecule has 2 aliphatic rings. The lowest BCUT2D eigenvalue weighted by Gasteiger charge is -2.38. The molecule has 14 heteroatoms. The quantitative estimate of drug-likeness (QED) is 0.348. The number of ether oxygens (including phenoxy) is 3. The Hall–Kier alpha value is -4.01. The first-order valence-corrected chi connectivity index (χ1v) is 15.6. The van der Waals surface area contributed by atoms with Gasteiger partial charge in [-0.25, -0.2) is 13.2 Å². The van der Waals surface area contributed by atoms with Gasteiger partial charge in [0, 0.05) is 37.0 Å². The number of carbonyl (C=O) groups is 2. The van der Waals surface area contributed by atoms with Crippen LogP contribution in [0, 0.1) is 5.92 Å². The predicted molar refractivity (Wildman–Crippen MR) is 157 cm³/mol. The van der Waals surface area contributed by atoms with Gasteiger partial charge < -0.3 is 34.4 Å². The van der Waals surface area contributed by atoms with E-state index in [0.717, 1.165) is 11.3 Å². The Morgan fingerprint density at radius 2 is 1.88 bits per heavy atom. The molecule has 0 fully saturated rings. The van der Waals surface area contributed by atoms with E-state index < -0.39 is 28.1 Å². The van der Waals surface area contributed by atoms with Gasteiger partial charge in [-0.3, -0.25) is 9.52 Å². The Bertz CT molecular complexity index is 1560. The van der Waals surface area contributed by atoms with Gasteiger partial charge in [0.2, 0.25) is 6.79 Å². The normalized spacial score (nSPS) is 18.8. The minimum atomic E-state index is -3.84. The van der Waals surface area contributed by atoms with E-state index in [4.69, 9.17) is 14.2 Å². The number of fused-ring (bicyclic) bond motifs is 2. The summed E-state index contributed by atoms with van der Waals surface area (Å²) >= 11 is 1.08. The number of anilines is 2.